The van der Waals surface area contributed by atoms with Crippen molar-refractivity contribution in [1.82, 2.24) is 4.98 Å². The summed E-state index contributed by atoms with van der Waals surface area (Å²) in [5.74, 6) is 0.755. The Hall–Kier alpha value is -3.06. The van der Waals surface area contributed by atoms with Crippen molar-refractivity contribution in [2.45, 2.75) is 0 Å². The van der Waals surface area contributed by atoms with Crippen LogP contribution in [0.2, 0.25) is 0 Å². The van der Waals surface area contributed by atoms with Gasteiger partial charge in [-0.05, 0) is 36.4 Å². The van der Waals surface area contributed by atoms with Gasteiger partial charge in [0.05, 0.1) is 19.0 Å². The maximum atomic E-state index is 9.68. The third-order valence-electron chi connectivity index (χ3n) is 3.27. The molecule has 1 aromatic heterocycles. The van der Waals surface area contributed by atoms with Crippen LogP contribution in [0, 0.1) is 0 Å². The molecule has 122 valence electrons. The summed E-state index contributed by atoms with van der Waals surface area (Å²) in [6.07, 6.45) is 1.46. The maximum Gasteiger partial charge on any atom is 0.203 e. The molecule has 24 heavy (non-hydrogen) atoms. The Kier molecular flexibility index (Phi) is 4.62. The van der Waals surface area contributed by atoms with Gasteiger partial charge in [-0.1, -0.05) is 0 Å². The average molecular weight is 341 g/mol. The molecule has 3 N–H and O–H groups in total. The van der Waals surface area contributed by atoms with Gasteiger partial charge in [-0.25, -0.2) is 4.98 Å². The monoisotopic (exact) mass is 341 g/mol. The van der Waals surface area contributed by atoms with E-state index in [1.54, 1.807) is 13.2 Å². The summed E-state index contributed by atoms with van der Waals surface area (Å²) in [6, 6.07) is 11.9. The number of aromatic nitrogens is 1. The number of benzene rings is 2. The highest BCUT2D eigenvalue weighted by atomic mass is 32.1. The Morgan fingerprint density at radius 3 is 2.67 bits per heavy atom. The minimum absolute atomic E-state index is 0.00154. The Labute approximate surface area is 142 Å². The highest BCUT2D eigenvalue weighted by Gasteiger charge is 2.04. The number of rotatable bonds is 5. The highest BCUT2D eigenvalue weighted by molar-refractivity contribution is 7.14. The number of hydrogen-bond acceptors (Lipinski definition) is 7. The van der Waals surface area contributed by atoms with Gasteiger partial charge < -0.3 is 14.9 Å². The minimum atomic E-state index is -0.0430. The van der Waals surface area contributed by atoms with Crippen LogP contribution < -0.4 is 10.2 Å². The second-order valence-corrected chi connectivity index (χ2v) is 5.74. The predicted molar refractivity (Wildman–Crippen MR) is 95.1 cm³/mol. The number of hydrogen-bond donors (Lipinski definition) is 3. The van der Waals surface area contributed by atoms with E-state index in [9.17, 15) is 10.2 Å². The standard InChI is InChI=1S/C17H15N3O3S/c1-23-14-6-3-11(4-7-14)15-10-24-17(19-15)20-18-9-12-2-5-13(21)8-16(12)22/h2-10,21-22H,1H3,(H,19,20)/b18-9+. The van der Waals surface area contributed by atoms with E-state index in [0.29, 0.717) is 10.7 Å². The minimum Gasteiger partial charge on any atom is -0.508 e. The molecule has 0 radical (unpaired) electrons. The Morgan fingerprint density at radius 1 is 1.17 bits per heavy atom. The molecule has 0 aliphatic heterocycles. The van der Waals surface area contributed by atoms with Crippen LogP contribution in [-0.2, 0) is 0 Å². The molecule has 6 nitrogen and oxygen atoms in total. The molecule has 0 fully saturated rings. The molecule has 0 spiro atoms. The zero-order chi connectivity index (χ0) is 16.9. The number of phenols is 2. The van der Waals surface area contributed by atoms with E-state index < -0.39 is 0 Å². The lowest BCUT2D eigenvalue weighted by Crippen LogP contribution is -1.90. The van der Waals surface area contributed by atoms with Gasteiger partial charge in [0.1, 0.15) is 17.2 Å². The Bertz CT molecular complexity index is 860. The van der Waals surface area contributed by atoms with E-state index in [1.807, 2.05) is 29.6 Å². The number of hydrazone groups is 1. The number of nitrogens with zero attached hydrogens (tertiary/aromatic N) is 2. The molecule has 0 saturated carbocycles. The van der Waals surface area contributed by atoms with Crippen molar-refractivity contribution >= 4 is 22.7 Å². The Morgan fingerprint density at radius 2 is 1.96 bits per heavy atom. The van der Waals surface area contributed by atoms with E-state index in [2.05, 4.69) is 15.5 Å². The largest absolute Gasteiger partial charge is 0.508 e. The van der Waals surface area contributed by atoms with E-state index >= 15 is 0 Å². The molecular formula is C17H15N3O3S. The van der Waals surface area contributed by atoms with E-state index in [-0.39, 0.29) is 11.5 Å². The molecular weight excluding hydrogens is 326 g/mol. The number of phenolic OH excluding ortho intramolecular Hbond substituents is 2. The first-order valence-corrected chi connectivity index (χ1v) is 7.94. The quantitative estimate of drug-likeness (QED) is 0.487. The first kappa shape index (κ1) is 15.8. The van der Waals surface area contributed by atoms with Crippen LogP contribution in [0.15, 0.2) is 52.9 Å². The van der Waals surface area contributed by atoms with Crippen LogP contribution >= 0.6 is 11.3 Å². The molecule has 1 heterocycles. The first-order chi connectivity index (χ1) is 11.7. The number of aromatic hydroxyl groups is 2. The fourth-order valence-electron chi connectivity index (χ4n) is 2.02. The van der Waals surface area contributed by atoms with Gasteiger partial charge in [-0.2, -0.15) is 5.10 Å². The average Bonchev–Trinajstić information content (AvgIpc) is 3.06. The summed E-state index contributed by atoms with van der Waals surface area (Å²) in [6.45, 7) is 0. The van der Waals surface area contributed by atoms with Gasteiger partial charge in [0, 0.05) is 22.6 Å². The third kappa shape index (κ3) is 3.64. The number of thiazole rings is 1. The van der Waals surface area contributed by atoms with Crippen LogP contribution in [0.5, 0.6) is 17.2 Å². The zero-order valence-electron chi connectivity index (χ0n) is 12.8. The second kappa shape index (κ2) is 7.01. The molecule has 2 aromatic carbocycles. The summed E-state index contributed by atoms with van der Waals surface area (Å²) in [7, 11) is 1.63. The molecule has 7 heteroatoms. The van der Waals surface area contributed by atoms with Gasteiger partial charge >= 0.3 is 0 Å². The zero-order valence-corrected chi connectivity index (χ0v) is 13.6. The van der Waals surface area contributed by atoms with Crippen LogP contribution in [0.25, 0.3) is 11.3 Å². The molecule has 0 atom stereocenters. The fraction of sp³-hybridized carbons (Fsp3) is 0.0588. The molecule has 0 aliphatic rings. The smallest absolute Gasteiger partial charge is 0.203 e. The van der Waals surface area contributed by atoms with Gasteiger partial charge in [0.15, 0.2) is 0 Å². The Balaban J connectivity index is 1.68. The topological polar surface area (TPSA) is 87.0 Å². The first-order valence-electron chi connectivity index (χ1n) is 7.07. The van der Waals surface area contributed by atoms with E-state index in [1.165, 1.54) is 29.7 Å². The highest BCUT2D eigenvalue weighted by Crippen LogP contribution is 2.26. The number of ether oxygens (including phenoxy) is 1. The van der Waals surface area contributed by atoms with Crippen LogP contribution in [-0.4, -0.2) is 28.5 Å². The summed E-state index contributed by atoms with van der Waals surface area (Å²) in [5.41, 5.74) is 5.15. The number of anilines is 1. The van der Waals surface area contributed by atoms with E-state index in [4.69, 9.17) is 4.74 Å². The van der Waals surface area contributed by atoms with Crippen molar-refractivity contribution in [3.8, 4) is 28.5 Å². The maximum absolute atomic E-state index is 9.68. The molecule has 0 aliphatic carbocycles. The lowest BCUT2D eigenvalue weighted by molar-refractivity contribution is 0.415. The number of methoxy groups -OCH3 is 1. The lowest BCUT2D eigenvalue weighted by atomic mass is 10.2. The van der Waals surface area contributed by atoms with Crippen LogP contribution in [0.4, 0.5) is 5.13 Å². The van der Waals surface area contributed by atoms with Crippen LogP contribution in [0.3, 0.4) is 0 Å². The normalized spacial score (nSPS) is 10.9. The van der Waals surface area contributed by atoms with Crippen molar-refractivity contribution in [2.75, 3.05) is 12.5 Å². The lowest BCUT2D eigenvalue weighted by Gasteiger charge is -2.00. The van der Waals surface area contributed by atoms with E-state index in [0.717, 1.165) is 17.0 Å². The summed E-state index contributed by atoms with van der Waals surface area (Å²) in [4.78, 5) is 4.45. The van der Waals surface area contributed by atoms with Crippen molar-refractivity contribution < 1.29 is 14.9 Å². The predicted octanol–water partition coefficient (Wildman–Crippen LogP) is 3.68. The summed E-state index contributed by atoms with van der Waals surface area (Å²) >= 11 is 1.43. The van der Waals surface area contributed by atoms with Crippen molar-refractivity contribution in [3.05, 3.63) is 53.4 Å². The SMILES string of the molecule is COc1ccc(-c2csc(N/N=C/c3ccc(O)cc3O)n2)cc1. The third-order valence-corrected chi connectivity index (χ3v) is 4.01. The summed E-state index contributed by atoms with van der Waals surface area (Å²) < 4.78 is 5.14. The van der Waals surface area contributed by atoms with Crippen molar-refractivity contribution in [1.29, 1.82) is 0 Å². The fourth-order valence-corrected chi connectivity index (χ4v) is 2.69. The van der Waals surface area contributed by atoms with Gasteiger partial charge in [-0.3, -0.25) is 5.43 Å². The molecule has 3 rings (SSSR count). The number of nitrogens with one attached hydrogen (secondary N) is 1. The molecule has 0 unspecified atom stereocenters. The van der Waals surface area contributed by atoms with Crippen molar-refractivity contribution in [2.24, 2.45) is 5.10 Å². The summed E-state index contributed by atoms with van der Waals surface area (Å²) in [5, 5.41) is 25.5. The second-order valence-electron chi connectivity index (χ2n) is 4.88. The van der Waals surface area contributed by atoms with Crippen LogP contribution in [0.1, 0.15) is 5.56 Å². The van der Waals surface area contributed by atoms with Gasteiger partial charge in [-0.15, -0.1) is 11.3 Å². The van der Waals surface area contributed by atoms with Gasteiger partial charge in [0.2, 0.25) is 5.13 Å². The van der Waals surface area contributed by atoms with Crippen molar-refractivity contribution in [3.63, 3.8) is 0 Å². The molecule has 0 bridgehead atoms. The van der Waals surface area contributed by atoms with Gasteiger partial charge in [0.25, 0.3) is 0 Å². The molecule has 3 aromatic rings. The molecule has 0 amide bonds. The molecule has 0 saturated heterocycles.